The summed E-state index contributed by atoms with van der Waals surface area (Å²) < 4.78 is 2.78. The van der Waals surface area contributed by atoms with Crippen molar-refractivity contribution in [3.05, 3.63) is 34.2 Å². The minimum atomic E-state index is 0.518. The molecule has 2 aromatic heterocycles. The molecule has 2 aromatic rings. The molecule has 0 unspecified atom stereocenters. The van der Waals surface area contributed by atoms with E-state index in [0.29, 0.717) is 12.4 Å². The maximum atomic E-state index is 5.78. The topological polar surface area (TPSA) is 69.6 Å². The number of anilines is 1. The van der Waals surface area contributed by atoms with Crippen LogP contribution in [0.15, 0.2) is 22.8 Å². The summed E-state index contributed by atoms with van der Waals surface area (Å²) in [6.45, 7) is 2.71. The molecule has 0 saturated carbocycles. The Labute approximate surface area is 108 Å². The van der Waals surface area contributed by atoms with Crippen molar-refractivity contribution < 1.29 is 0 Å². The van der Waals surface area contributed by atoms with Gasteiger partial charge in [-0.3, -0.25) is 4.98 Å². The summed E-state index contributed by atoms with van der Waals surface area (Å²) >= 11 is 3.36. The van der Waals surface area contributed by atoms with E-state index in [1.54, 1.807) is 6.20 Å². The number of nitrogen functional groups attached to an aromatic ring is 1. The molecule has 0 atom stereocenters. The Morgan fingerprint density at radius 2 is 2.24 bits per heavy atom. The van der Waals surface area contributed by atoms with Crippen LogP contribution in [0.4, 0.5) is 5.82 Å². The van der Waals surface area contributed by atoms with Gasteiger partial charge in [-0.25, -0.2) is 4.68 Å². The number of hydrogen-bond acceptors (Lipinski definition) is 4. The molecule has 0 spiro atoms. The standard InChI is InChI=1S/C11H14BrN5/c1-2-3-10-11(13)15-16-17(10)7-9-5-4-8(12)6-14-9/h4-6H,2-3,7,13H2,1H3. The highest BCUT2D eigenvalue weighted by Crippen LogP contribution is 2.13. The van der Waals surface area contributed by atoms with Crippen LogP contribution in [-0.4, -0.2) is 20.0 Å². The van der Waals surface area contributed by atoms with Crippen molar-refractivity contribution in [1.82, 2.24) is 20.0 Å². The van der Waals surface area contributed by atoms with Crippen molar-refractivity contribution in [2.24, 2.45) is 0 Å². The van der Waals surface area contributed by atoms with Gasteiger partial charge in [0.2, 0.25) is 0 Å². The zero-order valence-corrected chi connectivity index (χ0v) is 11.2. The van der Waals surface area contributed by atoms with E-state index >= 15 is 0 Å². The molecule has 0 bridgehead atoms. The van der Waals surface area contributed by atoms with Gasteiger partial charge < -0.3 is 5.73 Å². The Morgan fingerprint density at radius 3 is 2.88 bits per heavy atom. The smallest absolute Gasteiger partial charge is 0.169 e. The average Bonchev–Trinajstić information content (AvgIpc) is 2.65. The van der Waals surface area contributed by atoms with Crippen molar-refractivity contribution in [1.29, 1.82) is 0 Å². The van der Waals surface area contributed by atoms with Crippen LogP contribution in [0.25, 0.3) is 0 Å². The van der Waals surface area contributed by atoms with Crippen molar-refractivity contribution >= 4 is 21.7 Å². The Kier molecular flexibility index (Phi) is 3.73. The first-order chi connectivity index (χ1) is 8.20. The average molecular weight is 296 g/mol. The lowest BCUT2D eigenvalue weighted by Crippen LogP contribution is -2.08. The fourth-order valence-corrected chi connectivity index (χ4v) is 1.86. The number of nitrogens with zero attached hydrogens (tertiary/aromatic N) is 4. The highest BCUT2D eigenvalue weighted by molar-refractivity contribution is 9.10. The molecule has 2 N–H and O–H groups in total. The van der Waals surface area contributed by atoms with E-state index in [0.717, 1.165) is 28.7 Å². The fourth-order valence-electron chi connectivity index (χ4n) is 1.62. The Balaban J connectivity index is 2.20. The molecule has 0 aliphatic carbocycles. The van der Waals surface area contributed by atoms with Crippen molar-refractivity contribution in [3.8, 4) is 0 Å². The first-order valence-electron chi connectivity index (χ1n) is 5.49. The second-order valence-corrected chi connectivity index (χ2v) is 4.71. The third kappa shape index (κ3) is 2.82. The van der Waals surface area contributed by atoms with Crippen LogP contribution in [0.5, 0.6) is 0 Å². The number of hydrogen-bond donors (Lipinski definition) is 1. The normalized spacial score (nSPS) is 10.7. The highest BCUT2D eigenvalue weighted by Gasteiger charge is 2.09. The van der Waals surface area contributed by atoms with E-state index < -0.39 is 0 Å². The van der Waals surface area contributed by atoms with Crippen LogP contribution in [0.3, 0.4) is 0 Å². The summed E-state index contributed by atoms with van der Waals surface area (Å²) in [6, 6.07) is 3.92. The Morgan fingerprint density at radius 1 is 1.41 bits per heavy atom. The van der Waals surface area contributed by atoms with Gasteiger partial charge in [-0.2, -0.15) is 0 Å². The minimum Gasteiger partial charge on any atom is -0.381 e. The second-order valence-electron chi connectivity index (χ2n) is 3.80. The lowest BCUT2D eigenvalue weighted by atomic mass is 10.2. The van der Waals surface area contributed by atoms with Crippen LogP contribution < -0.4 is 5.73 Å². The van der Waals surface area contributed by atoms with Gasteiger partial charge in [0.05, 0.1) is 17.9 Å². The van der Waals surface area contributed by atoms with E-state index in [2.05, 4.69) is 38.1 Å². The quantitative estimate of drug-likeness (QED) is 0.937. The first-order valence-corrected chi connectivity index (χ1v) is 6.28. The molecule has 2 heterocycles. The van der Waals surface area contributed by atoms with E-state index in [1.807, 2.05) is 16.8 Å². The van der Waals surface area contributed by atoms with Crippen molar-refractivity contribution in [2.45, 2.75) is 26.3 Å². The Bertz CT molecular complexity index is 491. The van der Waals surface area contributed by atoms with Crippen LogP contribution in [0.1, 0.15) is 24.7 Å². The van der Waals surface area contributed by atoms with E-state index in [1.165, 1.54) is 0 Å². The largest absolute Gasteiger partial charge is 0.381 e. The number of pyridine rings is 1. The van der Waals surface area contributed by atoms with E-state index in [9.17, 15) is 0 Å². The summed E-state index contributed by atoms with van der Waals surface area (Å²) in [5.41, 5.74) is 7.71. The first kappa shape index (κ1) is 12.0. The van der Waals surface area contributed by atoms with Gasteiger partial charge in [0, 0.05) is 10.7 Å². The Hall–Kier alpha value is -1.43. The third-order valence-electron chi connectivity index (χ3n) is 2.45. The van der Waals surface area contributed by atoms with Crippen LogP contribution in [0, 0.1) is 0 Å². The number of halogens is 1. The molecule has 2 rings (SSSR count). The van der Waals surface area contributed by atoms with Gasteiger partial charge in [0.1, 0.15) is 0 Å². The molecule has 0 amide bonds. The summed E-state index contributed by atoms with van der Waals surface area (Å²) in [5.74, 6) is 0.518. The summed E-state index contributed by atoms with van der Waals surface area (Å²) in [6.07, 6.45) is 3.68. The molecule has 0 fully saturated rings. The van der Waals surface area contributed by atoms with Crippen LogP contribution in [-0.2, 0) is 13.0 Å². The maximum Gasteiger partial charge on any atom is 0.169 e. The summed E-state index contributed by atoms with van der Waals surface area (Å²) in [4.78, 5) is 4.31. The molecule has 0 saturated heterocycles. The van der Waals surface area contributed by atoms with Crippen LogP contribution >= 0.6 is 15.9 Å². The third-order valence-corrected chi connectivity index (χ3v) is 2.92. The molecule has 0 aliphatic heterocycles. The lowest BCUT2D eigenvalue weighted by molar-refractivity contribution is 0.604. The van der Waals surface area contributed by atoms with E-state index in [-0.39, 0.29) is 0 Å². The number of aromatic nitrogens is 4. The van der Waals surface area contributed by atoms with E-state index in [4.69, 9.17) is 5.73 Å². The molecule has 90 valence electrons. The van der Waals surface area contributed by atoms with Crippen molar-refractivity contribution in [2.75, 3.05) is 5.73 Å². The molecule has 0 aromatic carbocycles. The SMILES string of the molecule is CCCc1c(N)nnn1Cc1ccc(Br)cn1. The molecule has 17 heavy (non-hydrogen) atoms. The number of rotatable bonds is 4. The number of nitrogens with two attached hydrogens (primary N) is 1. The predicted octanol–water partition coefficient (Wildman–Crippen LogP) is 2.02. The van der Waals surface area contributed by atoms with Gasteiger partial charge >= 0.3 is 0 Å². The fraction of sp³-hybridized carbons (Fsp3) is 0.364. The monoisotopic (exact) mass is 295 g/mol. The maximum absolute atomic E-state index is 5.78. The molecular formula is C11H14BrN5. The summed E-state index contributed by atoms with van der Waals surface area (Å²) in [7, 11) is 0. The predicted molar refractivity (Wildman–Crippen MR) is 69.5 cm³/mol. The van der Waals surface area contributed by atoms with Crippen molar-refractivity contribution in [3.63, 3.8) is 0 Å². The van der Waals surface area contributed by atoms with Gasteiger partial charge in [0.25, 0.3) is 0 Å². The highest BCUT2D eigenvalue weighted by atomic mass is 79.9. The van der Waals surface area contributed by atoms with Gasteiger partial charge in [-0.05, 0) is 34.5 Å². The molecule has 0 radical (unpaired) electrons. The second kappa shape index (κ2) is 5.27. The molecule has 6 heteroatoms. The summed E-state index contributed by atoms with van der Waals surface area (Å²) in [5, 5.41) is 7.94. The molecule has 0 aliphatic rings. The van der Waals surface area contributed by atoms with Gasteiger partial charge in [-0.1, -0.05) is 18.6 Å². The van der Waals surface area contributed by atoms with Crippen LogP contribution in [0.2, 0.25) is 0 Å². The van der Waals surface area contributed by atoms with Gasteiger partial charge in [0.15, 0.2) is 5.82 Å². The lowest BCUT2D eigenvalue weighted by Gasteiger charge is -2.05. The zero-order valence-electron chi connectivity index (χ0n) is 9.60. The van der Waals surface area contributed by atoms with Gasteiger partial charge in [-0.15, -0.1) is 5.10 Å². The minimum absolute atomic E-state index is 0.518. The molecular weight excluding hydrogens is 282 g/mol. The molecule has 5 nitrogen and oxygen atoms in total. The zero-order chi connectivity index (χ0) is 12.3.